The monoisotopic (exact) mass is 297 g/mol. The van der Waals surface area contributed by atoms with Crippen LogP contribution in [0.1, 0.15) is 33.1 Å². The zero-order valence-corrected chi connectivity index (χ0v) is 13.1. The molecule has 0 aliphatic heterocycles. The lowest BCUT2D eigenvalue weighted by atomic mass is 10.4. The number of aromatic nitrogens is 2. The largest absolute Gasteiger partial charge is 0.380 e. The highest BCUT2D eigenvalue weighted by Gasteiger charge is 2.03. The average Bonchev–Trinajstić information content (AvgIpc) is 2.48. The minimum Gasteiger partial charge on any atom is -0.380 e. The minimum absolute atomic E-state index is 0.231. The SMILES string of the molecule is CCCCOCCNCCn1c(=O)ccn(CCC)c1=O. The van der Waals surface area contributed by atoms with Crippen molar-refractivity contribution in [3.8, 4) is 0 Å². The molecule has 0 amide bonds. The molecule has 1 rings (SSSR count). The predicted octanol–water partition coefficient (Wildman–Crippen LogP) is 0.826. The first kappa shape index (κ1) is 17.7. The molecule has 0 aliphatic rings. The van der Waals surface area contributed by atoms with Gasteiger partial charge in [-0.05, 0) is 12.8 Å². The van der Waals surface area contributed by atoms with Gasteiger partial charge in [-0.2, -0.15) is 0 Å². The van der Waals surface area contributed by atoms with E-state index in [0.717, 1.165) is 32.4 Å². The third kappa shape index (κ3) is 6.27. The molecule has 6 heteroatoms. The van der Waals surface area contributed by atoms with Crippen molar-refractivity contribution in [1.82, 2.24) is 14.5 Å². The van der Waals surface area contributed by atoms with Gasteiger partial charge in [-0.15, -0.1) is 0 Å². The van der Waals surface area contributed by atoms with Gasteiger partial charge < -0.3 is 14.6 Å². The van der Waals surface area contributed by atoms with Crippen LogP contribution in [0.3, 0.4) is 0 Å². The van der Waals surface area contributed by atoms with Crippen LogP contribution in [-0.4, -0.2) is 35.4 Å². The van der Waals surface area contributed by atoms with Crippen LogP contribution in [0.4, 0.5) is 0 Å². The van der Waals surface area contributed by atoms with Crippen LogP contribution in [0.25, 0.3) is 0 Å². The fraction of sp³-hybridized carbons (Fsp3) is 0.733. The van der Waals surface area contributed by atoms with Gasteiger partial charge in [-0.1, -0.05) is 20.3 Å². The fourth-order valence-electron chi connectivity index (χ4n) is 1.98. The Balaban J connectivity index is 2.36. The van der Waals surface area contributed by atoms with E-state index in [1.54, 1.807) is 10.8 Å². The summed E-state index contributed by atoms with van der Waals surface area (Å²) in [5.74, 6) is 0. The van der Waals surface area contributed by atoms with E-state index in [1.165, 1.54) is 10.6 Å². The summed E-state index contributed by atoms with van der Waals surface area (Å²) in [6, 6.07) is 1.45. The first-order chi connectivity index (χ1) is 10.2. The number of nitrogens with zero attached hydrogens (tertiary/aromatic N) is 2. The zero-order chi connectivity index (χ0) is 15.5. The number of hydrogen-bond acceptors (Lipinski definition) is 4. The van der Waals surface area contributed by atoms with Crippen molar-refractivity contribution in [3.63, 3.8) is 0 Å². The third-order valence-electron chi connectivity index (χ3n) is 3.18. The Morgan fingerprint density at radius 1 is 1.10 bits per heavy atom. The zero-order valence-electron chi connectivity index (χ0n) is 13.1. The second kappa shape index (κ2) is 10.3. The quantitative estimate of drug-likeness (QED) is 0.614. The molecule has 6 nitrogen and oxygen atoms in total. The summed E-state index contributed by atoms with van der Waals surface area (Å²) in [5.41, 5.74) is -0.473. The van der Waals surface area contributed by atoms with Crippen LogP contribution >= 0.6 is 0 Å². The summed E-state index contributed by atoms with van der Waals surface area (Å²) < 4.78 is 8.28. The second-order valence-electron chi connectivity index (χ2n) is 5.00. The van der Waals surface area contributed by atoms with Crippen molar-refractivity contribution in [3.05, 3.63) is 33.1 Å². The third-order valence-corrected chi connectivity index (χ3v) is 3.18. The van der Waals surface area contributed by atoms with E-state index in [2.05, 4.69) is 12.2 Å². The molecule has 0 saturated heterocycles. The highest BCUT2D eigenvalue weighted by Crippen LogP contribution is 1.86. The molecular weight excluding hydrogens is 270 g/mol. The average molecular weight is 297 g/mol. The smallest absolute Gasteiger partial charge is 0.331 e. The lowest BCUT2D eigenvalue weighted by Crippen LogP contribution is -2.41. The Kier molecular flexibility index (Phi) is 8.69. The molecule has 1 heterocycles. The molecule has 0 bridgehead atoms. The van der Waals surface area contributed by atoms with Crippen LogP contribution in [0, 0.1) is 0 Å². The molecular formula is C15H27N3O3. The molecule has 0 radical (unpaired) electrons. The molecule has 1 N–H and O–H groups in total. The van der Waals surface area contributed by atoms with Gasteiger partial charge in [0, 0.05) is 45.0 Å². The molecule has 1 aromatic rings. The number of ether oxygens (including phenoxy) is 1. The van der Waals surface area contributed by atoms with Crippen molar-refractivity contribution >= 4 is 0 Å². The maximum absolute atomic E-state index is 12.1. The Bertz CT molecular complexity index is 508. The van der Waals surface area contributed by atoms with Crippen LogP contribution in [0.5, 0.6) is 0 Å². The summed E-state index contributed by atoms with van der Waals surface area (Å²) in [7, 11) is 0. The van der Waals surface area contributed by atoms with Crippen LogP contribution < -0.4 is 16.6 Å². The van der Waals surface area contributed by atoms with Crippen molar-refractivity contribution < 1.29 is 4.74 Å². The van der Waals surface area contributed by atoms with Gasteiger partial charge in [0.25, 0.3) is 5.56 Å². The summed E-state index contributed by atoms with van der Waals surface area (Å²) in [6.45, 7) is 7.92. The Labute approximate surface area is 125 Å². The number of rotatable bonds is 11. The number of hydrogen-bond donors (Lipinski definition) is 1. The minimum atomic E-state index is -0.242. The number of nitrogens with one attached hydrogen (secondary N) is 1. The molecule has 21 heavy (non-hydrogen) atoms. The van der Waals surface area contributed by atoms with E-state index >= 15 is 0 Å². The highest BCUT2D eigenvalue weighted by atomic mass is 16.5. The Hall–Kier alpha value is -1.40. The summed E-state index contributed by atoms with van der Waals surface area (Å²) in [5, 5.41) is 3.18. The lowest BCUT2D eigenvalue weighted by Gasteiger charge is -2.10. The molecule has 0 fully saturated rings. The first-order valence-electron chi connectivity index (χ1n) is 7.79. The molecule has 0 saturated carbocycles. The normalized spacial score (nSPS) is 11.0. The molecule has 0 aliphatic carbocycles. The van der Waals surface area contributed by atoms with Crippen LogP contribution in [-0.2, 0) is 17.8 Å². The van der Waals surface area contributed by atoms with E-state index in [4.69, 9.17) is 4.74 Å². The first-order valence-corrected chi connectivity index (χ1v) is 7.79. The topological polar surface area (TPSA) is 65.3 Å². The van der Waals surface area contributed by atoms with Crippen LogP contribution in [0.15, 0.2) is 21.9 Å². The summed E-state index contributed by atoms with van der Waals surface area (Å²) in [4.78, 5) is 23.8. The van der Waals surface area contributed by atoms with E-state index in [1.807, 2.05) is 6.92 Å². The van der Waals surface area contributed by atoms with E-state index < -0.39 is 0 Å². The second-order valence-corrected chi connectivity index (χ2v) is 5.00. The van der Waals surface area contributed by atoms with E-state index in [9.17, 15) is 9.59 Å². The van der Waals surface area contributed by atoms with Gasteiger partial charge in [-0.3, -0.25) is 9.36 Å². The molecule has 120 valence electrons. The summed E-state index contributed by atoms with van der Waals surface area (Å²) in [6.07, 6.45) is 4.65. The van der Waals surface area contributed by atoms with Gasteiger partial charge in [0.2, 0.25) is 0 Å². The Morgan fingerprint density at radius 2 is 1.90 bits per heavy atom. The lowest BCUT2D eigenvalue weighted by molar-refractivity contribution is 0.133. The van der Waals surface area contributed by atoms with Gasteiger partial charge in [0.1, 0.15) is 0 Å². The number of unbranched alkanes of at least 4 members (excludes halogenated alkanes) is 1. The van der Waals surface area contributed by atoms with E-state index in [-0.39, 0.29) is 11.2 Å². The van der Waals surface area contributed by atoms with Crippen molar-refractivity contribution in [2.45, 2.75) is 46.2 Å². The van der Waals surface area contributed by atoms with Crippen molar-refractivity contribution in [2.24, 2.45) is 0 Å². The maximum atomic E-state index is 12.1. The van der Waals surface area contributed by atoms with Gasteiger partial charge in [0.15, 0.2) is 0 Å². The predicted molar refractivity (Wildman–Crippen MR) is 83.8 cm³/mol. The summed E-state index contributed by atoms with van der Waals surface area (Å²) >= 11 is 0. The van der Waals surface area contributed by atoms with Gasteiger partial charge >= 0.3 is 5.69 Å². The Morgan fingerprint density at radius 3 is 2.62 bits per heavy atom. The standard InChI is InChI=1S/C15H27N3O3/c1-3-5-12-21-13-8-16-7-11-18-14(19)6-10-17(9-4-2)15(18)20/h6,10,16H,3-5,7-9,11-13H2,1-2H3. The van der Waals surface area contributed by atoms with Crippen molar-refractivity contribution in [1.29, 1.82) is 0 Å². The molecule has 0 unspecified atom stereocenters. The maximum Gasteiger partial charge on any atom is 0.331 e. The number of aryl methyl sites for hydroxylation is 1. The molecule has 1 aromatic heterocycles. The fourth-order valence-corrected chi connectivity index (χ4v) is 1.98. The van der Waals surface area contributed by atoms with Gasteiger partial charge in [0.05, 0.1) is 6.61 Å². The molecule has 0 atom stereocenters. The molecule has 0 spiro atoms. The highest BCUT2D eigenvalue weighted by molar-refractivity contribution is 4.86. The van der Waals surface area contributed by atoms with Crippen LogP contribution in [0.2, 0.25) is 0 Å². The van der Waals surface area contributed by atoms with E-state index in [0.29, 0.717) is 26.2 Å². The van der Waals surface area contributed by atoms with Gasteiger partial charge in [-0.25, -0.2) is 4.79 Å². The molecule has 0 aromatic carbocycles. The van der Waals surface area contributed by atoms with Crippen molar-refractivity contribution in [2.75, 3.05) is 26.3 Å².